The number of alkyl halides is 3. The van der Waals surface area contributed by atoms with Gasteiger partial charge >= 0.3 is 24.0 Å². The maximum absolute atomic E-state index is 12.3. The lowest BCUT2D eigenvalue weighted by atomic mass is 10.1. The molecule has 1 saturated carbocycles. The van der Waals surface area contributed by atoms with Crippen molar-refractivity contribution < 1.29 is 32.7 Å². The number of likely N-dealkylation sites (N-methyl/N-ethyl adjacent to an activating group) is 1. The van der Waals surface area contributed by atoms with Crippen LogP contribution in [-0.2, 0) is 20.8 Å². The highest BCUT2D eigenvalue weighted by atomic mass is 19.4. The predicted molar refractivity (Wildman–Crippen MR) is 149 cm³/mol. The molecule has 0 radical (unpaired) electrons. The van der Waals surface area contributed by atoms with Crippen molar-refractivity contribution >= 4 is 29.2 Å². The lowest BCUT2D eigenvalue weighted by Gasteiger charge is -2.36. The Balaban J connectivity index is 0.000000587. The Bertz CT molecular complexity index is 1140. The van der Waals surface area contributed by atoms with Crippen molar-refractivity contribution in [3.05, 3.63) is 54.4 Å². The van der Waals surface area contributed by atoms with Crippen LogP contribution in [0.15, 0.2) is 48.8 Å². The Labute approximate surface area is 237 Å². The highest BCUT2D eigenvalue weighted by Gasteiger charge is 2.38. The summed E-state index contributed by atoms with van der Waals surface area (Å²) < 4.78 is 31.7. The molecule has 0 bridgehead atoms. The molecule has 13 heteroatoms. The summed E-state index contributed by atoms with van der Waals surface area (Å²) in [5.41, 5.74) is 3.04. The monoisotopic (exact) mass is 578 g/mol. The van der Waals surface area contributed by atoms with Crippen LogP contribution < -0.4 is 15.5 Å². The maximum atomic E-state index is 12.3. The number of halogens is 3. The van der Waals surface area contributed by atoms with Gasteiger partial charge in [0.1, 0.15) is 0 Å². The summed E-state index contributed by atoms with van der Waals surface area (Å²) in [4.78, 5) is 44.7. The SMILES string of the molecule is CN(CCc1cccc(NC(=O)C(=O)NCCCN2CCN(c3ccncc3)CC2)c1)C1CC1.O=C(O)C(F)(F)F. The minimum Gasteiger partial charge on any atom is -0.475 e. The second-order valence-corrected chi connectivity index (χ2v) is 10.1. The first-order chi connectivity index (χ1) is 19.5. The van der Waals surface area contributed by atoms with Crippen molar-refractivity contribution in [1.29, 1.82) is 0 Å². The zero-order valence-electron chi connectivity index (χ0n) is 23.1. The molecule has 2 aromatic rings. The van der Waals surface area contributed by atoms with E-state index in [1.165, 1.54) is 18.5 Å². The Kier molecular flexibility index (Phi) is 11.9. The van der Waals surface area contributed by atoms with Crippen LogP contribution >= 0.6 is 0 Å². The van der Waals surface area contributed by atoms with Gasteiger partial charge in [0.2, 0.25) is 0 Å². The lowest BCUT2D eigenvalue weighted by molar-refractivity contribution is -0.192. The van der Waals surface area contributed by atoms with E-state index in [9.17, 15) is 22.8 Å². The number of carboxylic acids is 1. The third-order valence-electron chi connectivity index (χ3n) is 6.89. The van der Waals surface area contributed by atoms with Gasteiger partial charge in [-0.3, -0.25) is 19.5 Å². The molecule has 4 rings (SSSR count). The van der Waals surface area contributed by atoms with E-state index >= 15 is 0 Å². The molecule has 1 saturated heterocycles. The fourth-order valence-corrected chi connectivity index (χ4v) is 4.37. The van der Waals surface area contributed by atoms with Gasteiger partial charge in [-0.05, 0) is 69.1 Å². The molecule has 1 aliphatic carbocycles. The Hall–Kier alpha value is -3.71. The number of aromatic nitrogens is 1. The summed E-state index contributed by atoms with van der Waals surface area (Å²) >= 11 is 0. The van der Waals surface area contributed by atoms with E-state index in [1.807, 2.05) is 42.7 Å². The van der Waals surface area contributed by atoms with Crippen LogP contribution in [0.4, 0.5) is 24.5 Å². The minimum absolute atomic E-state index is 0.490. The molecule has 10 nitrogen and oxygen atoms in total. The first-order valence-corrected chi connectivity index (χ1v) is 13.6. The zero-order valence-corrected chi connectivity index (χ0v) is 23.1. The third-order valence-corrected chi connectivity index (χ3v) is 6.89. The molecule has 0 atom stereocenters. The number of carboxylic acid groups (broad SMARTS) is 1. The zero-order chi connectivity index (χ0) is 29.8. The molecule has 2 fully saturated rings. The molecule has 2 aliphatic rings. The third kappa shape index (κ3) is 11.4. The highest BCUT2D eigenvalue weighted by Crippen LogP contribution is 2.25. The van der Waals surface area contributed by atoms with Gasteiger partial charge in [0, 0.05) is 69.1 Å². The molecule has 1 aromatic carbocycles. The van der Waals surface area contributed by atoms with Crippen LogP contribution in [0.5, 0.6) is 0 Å². The van der Waals surface area contributed by atoms with Gasteiger partial charge in [-0.15, -0.1) is 0 Å². The first-order valence-electron chi connectivity index (χ1n) is 13.6. The van der Waals surface area contributed by atoms with Crippen LogP contribution in [-0.4, -0.2) is 103 Å². The number of rotatable bonds is 10. The number of nitrogens with one attached hydrogen (secondary N) is 2. The first kappa shape index (κ1) is 31.8. The van der Waals surface area contributed by atoms with E-state index in [2.05, 4.69) is 43.4 Å². The van der Waals surface area contributed by atoms with E-state index in [0.29, 0.717) is 12.2 Å². The van der Waals surface area contributed by atoms with E-state index in [4.69, 9.17) is 9.90 Å². The van der Waals surface area contributed by atoms with Gasteiger partial charge in [0.05, 0.1) is 0 Å². The van der Waals surface area contributed by atoms with Crippen molar-refractivity contribution in [2.45, 2.75) is 37.9 Å². The van der Waals surface area contributed by atoms with Crippen molar-refractivity contribution in [3.63, 3.8) is 0 Å². The average molecular weight is 579 g/mol. The van der Waals surface area contributed by atoms with Crippen LogP contribution in [0, 0.1) is 0 Å². The number of hydrogen-bond donors (Lipinski definition) is 3. The molecular formula is C28H37F3N6O4. The van der Waals surface area contributed by atoms with Crippen molar-refractivity contribution in [3.8, 4) is 0 Å². The molecule has 3 N–H and O–H groups in total. The molecule has 2 amide bonds. The van der Waals surface area contributed by atoms with Crippen LogP contribution in [0.1, 0.15) is 24.8 Å². The quantitative estimate of drug-likeness (QED) is 0.291. The maximum Gasteiger partial charge on any atom is 0.490 e. The second-order valence-electron chi connectivity index (χ2n) is 10.1. The van der Waals surface area contributed by atoms with E-state index in [1.54, 1.807) is 0 Å². The number of benzene rings is 1. The standard InChI is InChI=1S/C26H36N6O2.C2HF3O2/c1-30(23-6-7-23)15-10-21-4-2-5-22(20-21)29-26(34)25(33)28-11-3-14-31-16-18-32(19-17-31)24-8-12-27-13-9-24;3-2(4,5)1(6)7/h2,4-5,8-9,12-13,20,23H,3,6-7,10-11,14-19H2,1H3,(H,28,33)(H,29,34);(H,6,7). The summed E-state index contributed by atoms with van der Waals surface area (Å²) in [6, 6.07) is 12.6. The molecule has 41 heavy (non-hydrogen) atoms. The summed E-state index contributed by atoms with van der Waals surface area (Å²) in [6.45, 7) is 6.34. The van der Waals surface area contributed by atoms with Gasteiger partial charge in [0.25, 0.3) is 0 Å². The van der Waals surface area contributed by atoms with Crippen LogP contribution in [0.3, 0.4) is 0 Å². The number of aliphatic carboxylic acids is 1. The van der Waals surface area contributed by atoms with Crippen LogP contribution in [0.25, 0.3) is 0 Å². The molecule has 0 unspecified atom stereocenters. The van der Waals surface area contributed by atoms with Crippen LogP contribution in [0.2, 0.25) is 0 Å². The van der Waals surface area contributed by atoms with Gasteiger partial charge in [0.15, 0.2) is 0 Å². The number of nitrogens with zero attached hydrogens (tertiary/aromatic N) is 4. The van der Waals surface area contributed by atoms with Gasteiger partial charge < -0.3 is 25.5 Å². The minimum atomic E-state index is -5.08. The fraction of sp³-hybridized carbons (Fsp3) is 0.500. The summed E-state index contributed by atoms with van der Waals surface area (Å²) in [5.74, 6) is -3.95. The molecule has 1 aliphatic heterocycles. The Morgan fingerprint density at radius 2 is 1.71 bits per heavy atom. The highest BCUT2D eigenvalue weighted by molar-refractivity contribution is 6.39. The normalized spacial score (nSPS) is 15.6. The molecular weight excluding hydrogens is 541 g/mol. The number of amides is 2. The summed E-state index contributed by atoms with van der Waals surface area (Å²) in [6.07, 6.45) is 2.91. The second kappa shape index (κ2) is 15.3. The Morgan fingerprint density at radius 3 is 2.32 bits per heavy atom. The number of anilines is 2. The van der Waals surface area contributed by atoms with E-state index in [-0.39, 0.29) is 0 Å². The number of pyridine rings is 1. The fourth-order valence-electron chi connectivity index (χ4n) is 4.37. The number of carbonyl (C=O) groups excluding carboxylic acids is 2. The molecule has 1 aromatic heterocycles. The Morgan fingerprint density at radius 1 is 1.05 bits per heavy atom. The predicted octanol–water partition coefficient (Wildman–Crippen LogP) is 2.62. The van der Waals surface area contributed by atoms with Gasteiger partial charge in [-0.25, -0.2) is 4.79 Å². The van der Waals surface area contributed by atoms with Crippen molar-refractivity contribution in [2.75, 3.05) is 63.1 Å². The van der Waals surface area contributed by atoms with Gasteiger partial charge in [-0.1, -0.05) is 12.1 Å². The van der Waals surface area contributed by atoms with Gasteiger partial charge in [-0.2, -0.15) is 13.2 Å². The molecule has 224 valence electrons. The molecule has 2 heterocycles. The lowest BCUT2D eigenvalue weighted by Crippen LogP contribution is -2.47. The molecule has 0 spiro atoms. The largest absolute Gasteiger partial charge is 0.490 e. The topological polar surface area (TPSA) is 118 Å². The smallest absolute Gasteiger partial charge is 0.475 e. The number of piperazine rings is 1. The van der Waals surface area contributed by atoms with E-state index in [0.717, 1.165) is 63.7 Å². The van der Waals surface area contributed by atoms with E-state index < -0.39 is 24.0 Å². The number of hydrogen-bond acceptors (Lipinski definition) is 7. The summed E-state index contributed by atoms with van der Waals surface area (Å²) in [7, 11) is 2.16. The summed E-state index contributed by atoms with van der Waals surface area (Å²) in [5, 5.41) is 12.6. The van der Waals surface area contributed by atoms with Crippen molar-refractivity contribution in [1.82, 2.24) is 20.1 Å². The van der Waals surface area contributed by atoms with Crippen molar-refractivity contribution in [2.24, 2.45) is 0 Å². The average Bonchev–Trinajstić information content (AvgIpc) is 3.81. The number of carbonyl (C=O) groups is 3.